The molecule has 0 spiro atoms. The Morgan fingerprint density at radius 2 is 2.00 bits per heavy atom. The lowest BCUT2D eigenvalue weighted by atomic mass is 9.94. The fourth-order valence-corrected chi connectivity index (χ4v) is 1.78. The number of hydrogen-bond donors (Lipinski definition) is 1. The third-order valence-electron chi connectivity index (χ3n) is 2.51. The van der Waals surface area contributed by atoms with Gasteiger partial charge in [-0.2, -0.15) is 0 Å². The highest BCUT2D eigenvalue weighted by Crippen LogP contribution is 2.30. The van der Waals surface area contributed by atoms with Crippen molar-refractivity contribution in [2.45, 2.75) is 19.8 Å². The molecule has 1 nitrogen and oxygen atoms in total. The van der Waals surface area contributed by atoms with Gasteiger partial charge >= 0.3 is 0 Å². The molecule has 1 heteroatoms. The number of rotatable bonds is 1. The molecule has 1 aliphatic rings. The Kier molecular flexibility index (Phi) is 2.16. The molecule has 2 rings (SSSR count). The van der Waals surface area contributed by atoms with E-state index in [0.29, 0.717) is 5.92 Å². The van der Waals surface area contributed by atoms with Gasteiger partial charge < -0.3 is 5.32 Å². The van der Waals surface area contributed by atoms with Gasteiger partial charge in [0.15, 0.2) is 0 Å². The summed E-state index contributed by atoms with van der Waals surface area (Å²) in [7, 11) is 0. The van der Waals surface area contributed by atoms with Crippen molar-refractivity contribution in [3.8, 4) is 0 Å². The predicted molar refractivity (Wildman–Crippen MR) is 62.3 cm³/mol. The zero-order valence-electron chi connectivity index (χ0n) is 8.67. The zero-order valence-corrected chi connectivity index (χ0v) is 8.67. The van der Waals surface area contributed by atoms with Crippen LogP contribution in [0.2, 0.25) is 0 Å². The van der Waals surface area contributed by atoms with Gasteiger partial charge in [0.25, 0.3) is 0 Å². The smallest absolute Gasteiger partial charge is 0.0460 e. The number of hydrogen-bond acceptors (Lipinski definition) is 1. The van der Waals surface area contributed by atoms with Crippen LogP contribution in [0.15, 0.2) is 36.6 Å². The van der Waals surface area contributed by atoms with Crippen molar-refractivity contribution in [3.63, 3.8) is 0 Å². The molecule has 1 N–H and O–H groups in total. The van der Waals surface area contributed by atoms with Gasteiger partial charge in [0.05, 0.1) is 0 Å². The summed E-state index contributed by atoms with van der Waals surface area (Å²) in [5.74, 6) is 0.558. The van der Waals surface area contributed by atoms with Gasteiger partial charge in [-0.1, -0.05) is 38.6 Å². The summed E-state index contributed by atoms with van der Waals surface area (Å²) in [6.07, 6.45) is 4.16. The molecule has 0 saturated heterocycles. The van der Waals surface area contributed by atoms with Crippen molar-refractivity contribution in [3.05, 3.63) is 47.7 Å². The molecule has 0 fully saturated rings. The van der Waals surface area contributed by atoms with Gasteiger partial charge in [0.1, 0.15) is 0 Å². The van der Waals surface area contributed by atoms with E-state index in [2.05, 4.69) is 50.0 Å². The molecule has 0 bridgehead atoms. The molecule has 0 atom stereocenters. The molecule has 0 radical (unpaired) electrons. The van der Waals surface area contributed by atoms with Gasteiger partial charge in [-0.25, -0.2) is 0 Å². The van der Waals surface area contributed by atoms with Gasteiger partial charge in [-0.15, -0.1) is 0 Å². The maximum Gasteiger partial charge on any atom is 0.0460 e. The summed E-state index contributed by atoms with van der Waals surface area (Å²) in [5.41, 5.74) is 4.82. The second kappa shape index (κ2) is 3.33. The Morgan fingerprint density at radius 3 is 2.71 bits per heavy atom. The normalized spacial score (nSPS) is 14.1. The Balaban J connectivity index is 2.55. The van der Waals surface area contributed by atoms with Gasteiger partial charge in [0, 0.05) is 16.9 Å². The average molecular weight is 185 g/mol. The van der Waals surface area contributed by atoms with Crippen LogP contribution in [0.1, 0.15) is 30.9 Å². The van der Waals surface area contributed by atoms with Crippen molar-refractivity contribution in [1.82, 2.24) is 0 Å². The summed E-state index contributed by atoms with van der Waals surface area (Å²) >= 11 is 0. The van der Waals surface area contributed by atoms with Crippen LogP contribution in [0.3, 0.4) is 0 Å². The number of nitrogens with one attached hydrogen (secondary N) is 1. The van der Waals surface area contributed by atoms with Crippen LogP contribution in [0, 0.1) is 0 Å². The topological polar surface area (TPSA) is 12.0 Å². The minimum absolute atomic E-state index is 0.558. The molecule has 0 aliphatic carbocycles. The van der Waals surface area contributed by atoms with E-state index in [4.69, 9.17) is 0 Å². The van der Waals surface area contributed by atoms with Gasteiger partial charge in [-0.3, -0.25) is 0 Å². The lowest BCUT2D eigenvalue weighted by molar-refractivity contribution is 0.864. The fourth-order valence-electron chi connectivity index (χ4n) is 1.78. The Hall–Kier alpha value is -1.50. The minimum Gasteiger partial charge on any atom is -0.356 e. The molecule has 0 amide bonds. The van der Waals surface area contributed by atoms with E-state index in [1.54, 1.807) is 0 Å². The second-order valence-electron chi connectivity index (χ2n) is 3.95. The first-order valence-electron chi connectivity index (χ1n) is 4.95. The zero-order chi connectivity index (χ0) is 10.1. The highest BCUT2D eigenvalue weighted by atomic mass is 14.9. The summed E-state index contributed by atoms with van der Waals surface area (Å²) in [6.45, 7) is 8.32. The highest BCUT2D eigenvalue weighted by Gasteiger charge is 2.11. The molecule has 1 aromatic carbocycles. The third kappa shape index (κ3) is 1.46. The SMILES string of the molecule is C=C1C=Cc2c(cccc2C(C)C)N1. The monoisotopic (exact) mass is 185 g/mol. The Labute approximate surface area is 85.2 Å². The Morgan fingerprint density at radius 1 is 1.21 bits per heavy atom. The summed E-state index contributed by atoms with van der Waals surface area (Å²) in [5, 5.41) is 3.27. The van der Waals surface area contributed by atoms with E-state index in [0.717, 1.165) is 5.70 Å². The van der Waals surface area contributed by atoms with Gasteiger partial charge in [-0.05, 0) is 23.6 Å². The molecule has 72 valence electrons. The van der Waals surface area contributed by atoms with E-state index >= 15 is 0 Å². The summed E-state index contributed by atoms with van der Waals surface area (Å²) in [4.78, 5) is 0. The van der Waals surface area contributed by atoms with Crippen LogP contribution in [0.5, 0.6) is 0 Å². The maximum absolute atomic E-state index is 3.89. The quantitative estimate of drug-likeness (QED) is 0.702. The van der Waals surface area contributed by atoms with Crippen molar-refractivity contribution in [1.29, 1.82) is 0 Å². The summed E-state index contributed by atoms with van der Waals surface area (Å²) < 4.78 is 0. The molecule has 1 aliphatic heterocycles. The van der Waals surface area contributed by atoms with Crippen molar-refractivity contribution >= 4 is 11.8 Å². The fraction of sp³-hybridized carbons (Fsp3) is 0.231. The van der Waals surface area contributed by atoms with Crippen LogP contribution in [0.25, 0.3) is 6.08 Å². The second-order valence-corrected chi connectivity index (χ2v) is 3.95. The molecule has 0 aromatic heterocycles. The Bertz CT molecular complexity index is 400. The summed E-state index contributed by atoms with van der Waals surface area (Å²) in [6, 6.07) is 6.37. The lowest BCUT2D eigenvalue weighted by Gasteiger charge is -2.19. The first-order chi connectivity index (χ1) is 6.68. The number of fused-ring (bicyclic) bond motifs is 1. The van der Waals surface area contributed by atoms with Crippen LogP contribution in [0.4, 0.5) is 5.69 Å². The van der Waals surface area contributed by atoms with Crippen LogP contribution in [-0.4, -0.2) is 0 Å². The van der Waals surface area contributed by atoms with Crippen LogP contribution >= 0.6 is 0 Å². The standard InChI is InChI=1S/C13H15N/c1-9(2)11-5-4-6-13-12(11)8-7-10(3)14-13/h4-9,14H,3H2,1-2H3. The van der Waals surface area contributed by atoms with Crippen LogP contribution < -0.4 is 5.32 Å². The van der Waals surface area contributed by atoms with E-state index in [1.807, 2.05) is 6.08 Å². The molecule has 1 heterocycles. The minimum atomic E-state index is 0.558. The van der Waals surface area contributed by atoms with E-state index < -0.39 is 0 Å². The molecular weight excluding hydrogens is 170 g/mol. The van der Waals surface area contributed by atoms with Crippen molar-refractivity contribution < 1.29 is 0 Å². The first kappa shape index (κ1) is 9.07. The van der Waals surface area contributed by atoms with Crippen LogP contribution in [-0.2, 0) is 0 Å². The third-order valence-corrected chi connectivity index (χ3v) is 2.51. The predicted octanol–water partition coefficient (Wildman–Crippen LogP) is 3.76. The largest absolute Gasteiger partial charge is 0.356 e. The van der Waals surface area contributed by atoms with E-state index in [9.17, 15) is 0 Å². The lowest BCUT2D eigenvalue weighted by Crippen LogP contribution is -2.04. The van der Waals surface area contributed by atoms with E-state index in [-0.39, 0.29) is 0 Å². The number of allylic oxidation sites excluding steroid dienone is 1. The molecule has 0 unspecified atom stereocenters. The van der Waals surface area contributed by atoms with Crippen molar-refractivity contribution in [2.75, 3.05) is 5.32 Å². The molecule has 1 aromatic rings. The molecule has 14 heavy (non-hydrogen) atoms. The van der Waals surface area contributed by atoms with E-state index in [1.165, 1.54) is 16.8 Å². The van der Waals surface area contributed by atoms with Gasteiger partial charge in [0.2, 0.25) is 0 Å². The average Bonchev–Trinajstić information content (AvgIpc) is 2.16. The number of benzene rings is 1. The molecular formula is C13H15N. The van der Waals surface area contributed by atoms with Crippen molar-refractivity contribution in [2.24, 2.45) is 0 Å². The highest BCUT2D eigenvalue weighted by molar-refractivity contribution is 5.76. The maximum atomic E-state index is 3.89. The first-order valence-corrected chi connectivity index (χ1v) is 4.95. The molecule has 0 saturated carbocycles. The number of anilines is 1.